The summed E-state index contributed by atoms with van der Waals surface area (Å²) in [7, 11) is 0. The molecule has 0 aromatic carbocycles. The van der Waals surface area contributed by atoms with E-state index in [1.54, 1.807) is 18.6 Å². The predicted octanol–water partition coefficient (Wildman–Crippen LogP) is 2.85. The van der Waals surface area contributed by atoms with Crippen LogP contribution in [0.2, 0.25) is 0 Å². The maximum absolute atomic E-state index is 11.7. The fourth-order valence-electron chi connectivity index (χ4n) is 3.44. The van der Waals surface area contributed by atoms with Crippen LogP contribution in [0.1, 0.15) is 49.3 Å². The molecular weight excluding hydrogens is 304 g/mol. The Hall–Kier alpha value is -2.37. The number of anilines is 1. The number of nitrogen functional groups attached to an aromatic ring is 1. The zero-order valence-corrected chi connectivity index (χ0v) is 13.8. The van der Waals surface area contributed by atoms with Crippen molar-refractivity contribution in [1.29, 1.82) is 0 Å². The van der Waals surface area contributed by atoms with E-state index in [-0.39, 0.29) is 0 Å². The Morgan fingerprint density at radius 2 is 2.08 bits per heavy atom. The molecule has 6 heteroatoms. The molecule has 0 saturated heterocycles. The van der Waals surface area contributed by atoms with E-state index < -0.39 is 11.9 Å². The lowest BCUT2D eigenvalue weighted by atomic mass is 9.89. The lowest BCUT2D eigenvalue weighted by Gasteiger charge is -2.21. The van der Waals surface area contributed by atoms with Gasteiger partial charge in [0.05, 0.1) is 12.0 Å². The molecule has 24 heavy (non-hydrogen) atoms. The molecule has 0 radical (unpaired) electrons. The molecule has 0 amide bonds. The van der Waals surface area contributed by atoms with E-state index in [9.17, 15) is 9.90 Å². The van der Waals surface area contributed by atoms with Gasteiger partial charge >= 0.3 is 5.97 Å². The molecule has 1 aliphatic carbocycles. The molecule has 1 atom stereocenters. The van der Waals surface area contributed by atoms with Crippen molar-refractivity contribution in [2.45, 2.75) is 51.0 Å². The molecule has 0 aliphatic heterocycles. The van der Waals surface area contributed by atoms with Gasteiger partial charge in [0, 0.05) is 18.9 Å². The number of aromatic nitrogens is 3. The number of carboxylic acid groups (broad SMARTS) is 1. The van der Waals surface area contributed by atoms with Crippen LogP contribution in [0.25, 0.3) is 0 Å². The van der Waals surface area contributed by atoms with Gasteiger partial charge in [0.1, 0.15) is 11.7 Å². The van der Waals surface area contributed by atoms with Crippen LogP contribution in [0, 0.1) is 5.92 Å². The largest absolute Gasteiger partial charge is 0.481 e. The van der Waals surface area contributed by atoms with E-state index in [0.29, 0.717) is 23.9 Å². The first kappa shape index (κ1) is 16.5. The summed E-state index contributed by atoms with van der Waals surface area (Å²) in [5, 5.41) is 9.58. The Balaban J connectivity index is 1.69. The molecule has 0 bridgehead atoms. The molecule has 2 aromatic heterocycles. The SMILES string of the molecule is Nc1ccc(CC(C(=O)O)c2cn(CC3CCCCC3)cn2)cn1. The first-order valence-corrected chi connectivity index (χ1v) is 8.56. The second-order valence-corrected chi connectivity index (χ2v) is 6.69. The van der Waals surface area contributed by atoms with Crippen LogP contribution in [0.4, 0.5) is 5.82 Å². The van der Waals surface area contributed by atoms with Gasteiger partial charge in [-0.15, -0.1) is 0 Å². The molecule has 0 spiro atoms. The van der Waals surface area contributed by atoms with Crippen molar-refractivity contribution in [3.63, 3.8) is 0 Å². The highest BCUT2D eigenvalue weighted by Gasteiger charge is 2.23. The number of nitrogens with zero attached hydrogens (tertiary/aromatic N) is 3. The van der Waals surface area contributed by atoms with E-state index in [1.807, 2.05) is 16.8 Å². The van der Waals surface area contributed by atoms with Crippen molar-refractivity contribution >= 4 is 11.8 Å². The number of hydrogen-bond acceptors (Lipinski definition) is 4. The van der Waals surface area contributed by atoms with E-state index in [4.69, 9.17) is 5.73 Å². The van der Waals surface area contributed by atoms with Crippen molar-refractivity contribution in [2.24, 2.45) is 5.92 Å². The molecule has 1 aliphatic rings. The average Bonchev–Trinajstić information content (AvgIpc) is 3.03. The Bertz CT molecular complexity index is 675. The molecule has 1 fully saturated rings. The van der Waals surface area contributed by atoms with Crippen LogP contribution >= 0.6 is 0 Å². The third kappa shape index (κ3) is 4.13. The van der Waals surface area contributed by atoms with Gasteiger partial charge in [-0.2, -0.15) is 0 Å². The van der Waals surface area contributed by atoms with Crippen LogP contribution in [-0.4, -0.2) is 25.6 Å². The number of pyridine rings is 1. The average molecular weight is 328 g/mol. The number of imidazole rings is 1. The third-order valence-electron chi connectivity index (χ3n) is 4.79. The van der Waals surface area contributed by atoms with Gasteiger partial charge < -0.3 is 15.4 Å². The maximum Gasteiger partial charge on any atom is 0.312 e. The predicted molar refractivity (Wildman–Crippen MR) is 91.5 cm³/mol. The Morgan fingerprint density at radius 3 is 2.75 bits per heavy atom. The lowest BCUT2D eigenvalue weighted by molar-refractivity contribution is -0.138. The quantitative estimate of drug-likeness (QED) is 0.850. The van der Waals surface area contributed by atoms with Gasteiger partial charge in [-0.05, 0) is 36.8 Å². The molecule has 3 rings (SSSR count). The summed E-state index contributed by atoms with van der Waals surface area (Å²) in [4.78, 5) is 20.1. The smallest absolute Gasteiger partial charge is 0.312 e. The van der Waals surface area contributed by atoms with E-state index in [2.05, 4.69) is 9.97 Å². The minimum atomic E-state index is -0.866. The molecule has 2 aromatic rings. The molecule has 1 saturated carbocycles. The van der Waals surface area contributed by atoms with Crippen molar-refractivity contribution in [2.75, 3.05) is 5.73 Å². The number of carbonyl (C=O) groups is 1. The molecule has 128 valence electrons. The van der Waals surface area contributed by atoms with Gasteiger partial charge in [0.15, 0.2) is 0 Å². The van der Waals surface area contributed by atoms with E-state index >= 15 is 0 Å². The molecule has 1 unspecified atom stereocenters. The first-order valence-electron chi connectivity index (χ1n) is 8.56. The van der Waals surface area contributed by atoms with Gasteiger partial charge in [-0.3, -0.25) is 4.79 Å². The Morgan fingerprint density at radius 1 is 1.29 bits per heavy atom. The third-order valence-corrected chi connectivity index (χ3v) is 4.79. The highest BCUT2D eigenvalue weighted by molar-refractivity contribution is 5.75. The van der Waals surface area contributed by atoms with E-state index in [1.165, 1.54) is 32.1 Å². The highest BCUT2D eigenvalue weighted by atomic mass is 16.4. The van der Waals surface area contributed by atoms with Crippen LogP contribution in [0.5, 0.6) is 0 Å². The van der Waals surface area contributed by atoms with Crippen molar-refractivity contribution in [3.05, 3.63) is 42.1 Å². The van der Waals surface area contributed by atoms with Gasteiger partial charge in [-0.25, -0.2) is 9.97 Å². The normalized spacial score (nSPS) is 16.8. The summed E-state index contributed by atoms with van der Waals surface area (Å²) < 4.78 is 2.04. The molecular formula is C18H24N4O2. The summed E-state index contributed by atoms with van der Waals surface area (Å²) in [6, 6.07) is 3.51. The zero-order valence-electron chi connectivity index (χ0n) is 13.8. The van der Waals surface area contributed by atoms with Crippen molar-refractivity contribution in [3.8, 4) is 0 Å². The topological polar surface area (TPSA) is 94.0 Å². The second kappa shape index (κ2) is 7.47. The van der Waals surface area contributed by atoms with Crippen LogP contribution in [0.15, 0.2) is 30.9 Å². The number of hydrogen-bond donors (Lipinski definition) is 2. The fraction of sp³-hybridized carbons (Fsp3) is 0.500. The second-order valence-electron chi connectivity index (χ2n) is 6.69. The van der Waals surface area contributed by atoms with Crippen LogP contribution in [-0.2, 0) is 17.8 Å². The lowest BCUT2D eigenvalue weighted by Crippen LogP contribution is -2.15. The van der Waals surface area contributed by atoms with Crippen LogP contribution < -0.4 is 5.73 Å². The number of rotatable bonds is 6. The fourth-order valence-corrected chi connectivity index (χ4v) is 3.44. The highest BCUT2D eigenvalue weighted by Crippen LogP contribution is 2.26. The van der Waals surface area contributed by atoms with Gasteiger partial charge in [0.2, 0.25) is 0 Å². The summed E-state index contributed by atoms with van der Waals surface area (Å²) >= 11 is 0. The van der Waals surface area contributed by atoms with Crippen LogP contribution in [0.3, 0.4) is 0 Å². The Kier molecular flexibility index (Phi) is 5.13. The van der Waals surface area contributed by atoms with Gasteiger partial charge in [0.25, 0.3) is 0 Å². The van der Waals surface area contributed by atoms with Crippen molar-refractivity contribution < 1.29 is 9.90 Å². The van der Waals surface area contributed by atoms with E-state index in [0.717, 1.165) is 12.1 Å². The number of carboxylic acids is 1. The first-order chi connectivity index (χ1) is 11.6. The summed E-state index contributed by atoms with van der Waals surface area (Å²) in [5.74, 6) is -0.412. The molecule has 3 N–H and O–H groups in total. The summed E-state index contributed by atoms with van der Waals surface area (Å²) in [5.41, 5.74) is 7.03. The summed E-state index contributed by atoms with van der Waals surface area (Å²) in [6.07, 6.45) is 12.1. The minimum Gasteiger partial charge on any atom is -0.481 e. The minimum absolute atomic E-state index is 0.364. The zero-order chi connectivity index (χ0) is 16.9. The standard InChI is InChI=1S/C18H24N4O2/c19-17-7-6-14(9-20-17)8-15(18(23)24)16-11-22(12-21-16)10-13-4-2-1-3-5-13/h6-7,9,11-13,15H,1-5,8,10H2,(H2,19,20)(H,23,24). The monoisotopic (exact) mass is 328 g/mol. The number of nitrogens with two attached hydrogens (primary N) is 1. The maximum atomic E-state index is 11.7. The Labute approximate surface area is 141 Å². The molecule has 2 heterocycles. The van der Waals surface area contributed by atoms with Gasteiger partial charge in [-0.1, -0.05) is 25.3 Å². The molecule has 6 nitrogen and oxygen atoms in total. The summed E-state index contributed by atoms with van der Waals surface area (Å²) in [6.45, 7) is 0.933. The number of aliphatic carboxylic acids is 1. The van der Waals surface area contributed by atoms with Crippen molar-refractivity contribution in [1.82, 2.24) is 14.5 Å².